The quantitative estimate of drug-likeness (QED) is 0.821. The van der Waals surface area contributed by atoms with Gasteiger partial charge in [0, 0.05) is 26.3 Å². The number of halogens is 1. The molecule has 20 heavy (non-hydrogen) atoms. The summed E-state index contributed by atoms with van der Waals surface area (Å²) in [6.45, 7) is 1.57. The second kappa shape index (κ2) is 6.43. The standard InChI is InChI=1S/C12H18ClN3O3S/c1-4-16(8-12(17)15(2)3)20(18,19)11-7-9(14)5-6-10(11)13/h5-7H,4,8,14H2,1-3H3. The Kier molecular flexibility index (Phi) is 5.38. The van der Waals surface area contributed by atoms with Crippen molar-refractivity contribution in [2.75, 3.05) is 32.9 Å². The van der Waals surface area contributed by atoms with Gasteiger partial charge in [0.2, 0.25) is 15.9 Å². The number of carbonyl (C=O) groups excluding carboxylic acids is 1. The number of carbonyl (C=O) groups is 1. The number of nitrogens with two attached hydrogens (primary N) is 1. The normalized spacial score (nSPS) is 11.7. The van der Waals surface area contributed by atoms with Crippen LogP contribution in [0.4, 0.5) is 5.69 Å². The Morgan fingerprint density at radius 2 is 1.95 bits per heavy atom. The van der Waals surface area contributed by atoms with E-state index in [2.05, 4.69) is 0 Å². The zero-order chi connectivity index (χ0) is 15.5. The molecule has 1 amide bonds. The molecule has 0 fully saturated rings. The summed E-state index contributed by atoms with van der Waals surface area (Å²) in [6.07, 6.45) is 0. The van der Waals surface area contributed by atoms with Gasteiger partial charge in [-0.1, -0.05) is 18.5 Å². The van der Waals surface area contributed by atoms with E-state index in [1.807, 2.05) is 0 Å². The van der Waals surface area contributed by atoms with Gasteiger partial charge in [0.1, 0.15) is 4.90 Å². The van der Waals surface area contributed by atoms with Gasteiger partial charge in [-0.3, -0.25) is 4.79 Å². The van der Waals surface area contributed by atoms with E-state index in [-0.39, 0.29) is 28.9 Å². The highest BCUT2D eigenvalue weighted by Gasteiger charge is 2.28. The van der Waals surface area contributed by atoms with Crippen LogP contribution in [-0.4, -0.2) is 50.7 Å². The first kappa shape index (κ1) is 16.7. The van der Waals surface area contributed by atoms with Gasteiger partial charge in [0.05, 0.1) is 11.6 Å². The highest BCUT2D eigenvalue weighted by molar-refractivity contribution is 7.89. The van der Waals surface area contributed by atoms with Gasteiger partial charge in [-0.05, 0) is 18.2 Å². The van der Waals surface area contributed by atoms with E-state index < -0.39 is 10.0 Å². The largest absolute Gasteiger partial charge is 0.399 e. The molecule has 1 aromatic carbocycles. The molecule has 0 aliphatic carbocycles. The number of nitrogen functional groups attached to an aromatic ring is 1. The zero-order valence-corrected chi connectivity index (χ0v) is 13.2. The van der Waals surface area contributed by atoms with Crippen LogP contribution in [0.5, 0.6) is 0 Å². The number of sulfonamides is 1. The minimum absolute atomic E-state index is 0.0787. The number of hydrogen-bond donors (Lipinski definition) is 1. The van der Waals surface area contributed by atoms with Crippen LogP contribution in [-0.2, 0) is 14.8 Å². The summed E-state index contributed by atoms with van der Waals surface area (Å²) in [4.78, 5) is 12.9. The van der Waals surface area contributed by atoms with E-state index in [1.54, 1.807) is 21.0 Å². The second-order valence-corrected chi connectivity index (χ2v) is 6.72. The molecular formula is C12H18ClN3O3S. The van der Waals surface area contributed by atoms with Crippen LogP contribution in [0.1, 0.15) is 6.92 Å². The molecule has 0 aromatic heterocycles. The molecule has 0 spiro atoms. The Morgan fingerprint density at radius 1 is 1.35 bits per heavy atom. The monoisotopic (exact) mass is 319 g/mol. The van der Waals surface area contributed by atoms with Crippen LogP contribution in [0.15, 0.2) is 23.1 Å². The molecule has 0 atom stereocenters. The summed E-state index contributed by atoms with van der Waals surface area (Å²) in [6, 6.07) is 4.23. The summed E-state index contributed by atoms with van der Waals surface area (Å²) < 4.78 is 26.1. The predicted octanol–water partition coefficient (Wildman–Crippen LogP) is 1.02. The maximum Gasteiger partial charge on any atom is 0.245 e. The third-order valence-corrected chi connectivity index (χ3v) is 5.14. The molecule has 0 aliphatic heterocycles. The lowest BCUT2D eigenvalue weighted by Gasteiger charge is -2.22. The average molecular weight is 320 g/mol. The van der Waals surface area contributed by atoms with Gasteiger partial charge in [-0.15, -0.1) is 0 Å². The van der Waals surface area contributed by atoms with Gasteiger partial charge in [0.15, 0.2) is 0 Å². The van der Waals surface area contributed by atoms with Crippen LogP contribution in [0, 0.1) is 0 Å². The molecular weight excluding hydrogens is 302 g/mol. The minimum Gasteiger partial charge on any atom is -0.399 e. The average Bonchev–Trinajstić information content (AvgIpc) is 2.37. The summed E-state index contributed by atoms with van der Waals surface area (Å²) in [5.74, 6) is -0.310. The predicted molar refractivity (Wildman–Crippen MR) is 79.0 cm³/mol. The van der Waals surface area contributed by atoms with E-state index in [4.69, 9.17) is 17.3 Å². The van der Waals surface area contributed by atoms with Gasteiger partial charge in [0.25, 0.3) is 0 Å². The second-order valence-electron chi connectivity index (χ2n) is 4.41. The van der Waals surface area contributed by atoms with E-state index >= 15 is 0 Å². The molecule has 0 aliphatic rings. The first-order chi connectivity index (χ1) is 9.20. The fraction of sp³-hybridized carbons (Fsp3) is 0.417. The molecule has 0 bridgehead atoms. The maximum atomic E-state index is 12.5. The van der Waals surface area contributed by atoms with Crippen molar-refractivity contribution >= 4 is 33.2 Å². The highest BCUT2D eigenvalue weighted by atomic mass is 35.5. The van der Waals surface area contributed by atoms with Crippen LogP contribution in [0.3, 0.4) is 0 Å². The number of nitrogens with zero attached hydrogens (tertiary/aromatic N) is 2. The van der Waals surface area contributed by atoms with Gasteiger partial charge in [-0.25, -0.2) is 8.42 Å². The van der Waals surface area contributed by atoms with Crippen molar-refractivity contribution in [1.82, 2.24) is 9.21 Å². The smallest absolute Gasteiger partial charge is 0.245 e. The van der Waals surface area contributed by atoms with Crippen LogP contribution in [0.25, 0.3) is 0 Å². The summed E-state index contributed by atoms with van der Waals surface area (Å²) in [5.41, 5.74) is 5.89. The van der Waals surface area contributed by atoms with Crippen LogP contribution < -0.4 is 5.73 Å². The van der Waals surface area contributed by atoms with Crippen molar-refractivity contribution in [2.45, 2.75) is 11.8 Å². The van der Waals surface area contributed by atoms with Gasteiger partial charge >= 0.3 is 0 Å². The molecule has 1 rings (SSSR count). The highest BCUT2D eigenvalue weighted by Crippen LogP contribution is 2.26. The maximum absolute atomic E-state index is 12.5. The van der Waals surface area contributed by atoms with Crippen molar-refractivity contribution in [3.63, 3.8) is 0 Å². The van der Waals surface area contributed by atoms with Crippen molar-refractivity contribution < 1.29 is 13.2 Å². The van der Waals surface area contributed by atoms with E-state index in [1.165, 1.54) is 23.1 Å². The Balaban J connectivity index is 3.19. The lowest BCUT2D eigenvalue weighted by Crippen LogP contribution is -2.40. The molecule has 0 saturated carbocycles. The number of anilines is 1. The molecule has 0 saturated heterocycles. The molecule has 0 heterocycles. The topological polar surface area (TPSA) is 83.7 Å². The van der Waals surface area contributed by atoms with Gasteiger partial charge < -0.3 is 10.6 Å². The van der Waals surface area contributed by atoms with E-state index in [0.717, 1.165) is 4.31 Å². The Hall–Kier alpha value is -1.31. The Morgan fingerprint density at radius 3 is 2.45 bits per heavy atom. The van der Waals surface area contributed by atoms with Crippen molar-refractivity contribution in [3.8, 4) is 0 Å². The molecule has 0 radical (unpaired) electrons. The fourth-order valence-corrected chi connectivity index (χ4v) is 3.42. The lowest BCUT2D eigenvalue weighted by atomic mass is 10.3. The van der Waals surface area contributed by atoms with Gasteiger partial charge in [-0.2, -0.15) is 4.31 Å². The summed E-state index contributed by atoms with van der Waals surface area (Å²) in [5, 5.41) is 0.0787. The van der Waals surface area contributed by atoms with Crippen molar-refractivity contribution in [1.29, 1.82) is 0 Å². The lowest BCUT2D eigenvalue weighted by molar-refractivity contribution is -0.128. The number of benzene rings is 1. The number of rotatable bonds is 5. The fourth-order valence-electron chi connectivity index (χ4n) is 1.52. The van der Waals surface area contributed by atoms with Crippen LogP contribution in [0.2, 0.25) is 5.02 Å². The summed E-state index contributed by atoms with van der Waals surface area (Å²) >= 11 is 5.92. The molecule has 1 aromatic rings. The number of amides is 1. The summed E-state index contributed by atoms with van der Waals surface area (Å²) in [7, 11) is -0.728. The van der Waals surface area contributed by atoms with E-state index in [0.29, 0.717) is 5.69 Å². The number of hydrogen-bond acceptors (Lipinski definition) is 4. The van der Waals surface area contributed by atoms with Crippen molar-refractivity contribution in [2.24, 2.45) is 0 Å². The zero-order valence-electron chi connectivity index (χ0n) is 11.6. The third kappa shape index (κ3) is 3.62. The Bertz CT molecular complexity index is 602. The first-order valence-corrected chi connectivity index (χ1v) is 7.77. The molecule has 6 nitrogen and oxygen atoms in total. The SMILES string of the molecule is CCN(CC(=O)N(C)C)S(=O)(=O)c1cc(N)ccc1Cl. The van der Waals surface area contributed by atoms with Crippen LogP contribution >= 0.6 is 11.6 Å². The molecule has 8 heteroatoms. The molecule has 112 valence electrons. The first-order valence-electron chi connectivity index (χ1n) is 5.95. The minimum atomic E-state index is -3.86. The van der Waals surface area contributed by atoms with E-state index in [9.17, 15) is 13.2 Å². The Labute approximate surface area is 124 Å². The molecule has 0 unspecified atom stereocenters. The third-order valence-electron chi connectivity index (χ3n) is 2.74. The van der Waals surface area contributed by atoms with Crippen molar-refractivity contribution in [3.05, 3.63) is 23.2 Å². The molecule has 2 N–H and O–H groups in total. The number of likely N-dealkylation sites (N-methyl/N-ethyl adjacent to an activating group) is 2.